The van der Waals surface area contributed by atoms with Crippen LogP contribution in [-0.4, -0.2) is 27.1 Å². The molecule has 4 rings (SSSR count). The third kappa shape index (κ3) is 6.11. The highest BCUT2D eigenvalue weighted by molar-refractivity contribution is 7.99. The highest BCUT2D eigenvalue weighted by Gasteiger charge is 2.11. The van der Waals surface area contributed by atoms with Gasteiger partial charge in [0.1, 0.15) is 0 Å². The van der Waals surface area contributed by atoms with Crippen molar-refractivity contribution in [2.45, 2.75) is 11.6 Å². The Balaban J connectivity index is 1.35. The van der Waals surface area contributed by atoms with Gasteiger partial charge in [-0.25, -0.2) is 4.98 Å². The number of aryl methyl sites for hydroxylation is 1. The predicted octanol–water partition coefficient (Wildman–Crippen LogP) is 4.99. The zero-order valence-electron chi connectivity index (χ0n) is 18.2. The lowest BCUT2D eigenvalue weighted by Crippen LogP contribution is -2.15. The number of anilines is 2. The third-order valence-electron chi connectivity index (χ3n) is 5.04. The van der Waals surface area contributed by atoms with Gasteiger partial charge in [0.15, 0.2) is 5.16 Å². The molecule has 0 saturated carbocycles. The molecular weight excluding hydrogens is 432 g/mol. The molecule has 1 aromatic heterocycles. The average Bonchev–Trinajstić information content (AvgIpc) is 3.25. The lowest BCUT2D eigenvalue weighted by Gasteiger charge is -2.12. The summed E-state index contributed by atoms with van der Waals surface area (Å²) in [6.07, 6.45) is 4.27. The van der Waals surface area contributed by atoms with E-state index in [1.54, 1.807) is 30.5 Å². The molecule has 0 aliphatic rings. The number of carbonyl (C=O) groups is 2. The highest BCUT2D eigenvalue weighted by Crippen LogP contribution is 2.21. The van der Waals surface area contributed by atoms with Gasteiger partial charge in [0.25, 0.3) is 5.91 Å². The van der Waals surface area contributed by atoms with Crippen LogP contribution in [0.2, 0.25) is 0 Å². The Morgan fingerprint density at radius 3 is 2.36 bits per heavy atom. The molecule has 0 spiro atoms. The molecule has 2 N–H and O–H groups in total. The van der Waals surface area contributed by atoms with Crippen LogP contribution in [0.1, 0.15) is 21.5 Å². The summed E-state index contributed by atoms with van der Waals surface area (Å²) in [6.45, 7) is 0. The van der Waals surface area contributed by atoms with Crippen molar-refractivity contribution in [1.29, 1.82) is 0 Å². The summed E-state index contributed by atoms with van der Waals surface area (Å²) in [7, 11) is 1.89. The number of hydrogen-bond acceptors (Lipinski definition) is 4. The van der Waals surface area contributed by atoms with Crippen molar-refractivity contribution in [2.24, 2.45) is 7.05 Å². The predicted molar refractivity (Wildman–Crippen MR) is 133 cm³/mol. The van der Waals surface area contributed by atoms with Crippen molar-refractivity contribution in [3.63, 3.8) is 0 Å². The van der Waals surface area contributed by atoms with Crippen molar-refractivity contribution >= 4 is 35.0 Å². The highest BCUT2D eigenvalue weighted by atomic mass is 32.2. The summed E-state index contributed by atoms with van der Waals surface area (Å²) in [5, 5.41) is 6.64. The van der Waals surface area contributed by atoms with Crippen LogP contribution in [0.4, 0.5) is 11.4 Å². The van der Waals surface area contributed by atoms with E-state index >= 15 is 0 Å². The Bertz CT molecular complexity index is 1240. The van der Waals surface area contributed by atoms with Crippen molar-refractivity contribution < 1.29 is 9.59 Å². The van der Waals surface area contributed by atoms with Crippen molar-refractivity contribution in [2.75, 3.05) is 16.4 Å². The Kier molecular flexibility index (Phi) is 7.22. The number of benzene rings is 3. The molecule has 1 heterocycles. The fourth-order valence-corrected chi connectivity index (χ4v) is 4.06. The van der Waals surface area contributed by atoms with Crippen LogP contribution in [0, 0.1) is 0 Å². The first kappa shape index (κ1) is 22.4. The first-order valence-electron chi connectivity index (χ1n) is 10.5. The largest absolute Gasteiger partial charge is 0.329 e. The maximum Gasteiger partial charge on any atom is 0.255 e. The zero-order valence-corrected chi connectivity index (χ0v) is 19.0. The number of amides is 2. The number of thioether (sulfide) groups is 1. The minimum absolute atomic E-state index is 0.130. The van der Waals surface area contributed by atoms with E-state index in [9.17, 15) is 9.59 Å². The average molecular weight is 457 g/mol. The quantitative estimate of drug-likeness (QED) is 0.366. The number of aromatic nitrogens is 2. The molecular formula is C26H24N4O2S. The summed E-state index contributed by atoms with van der Waals surface area (Å²) >= 11 is 1.37. The smallest absolute Gasteiger partial charge is 0.255 e. The third-order valence-corrected chi connectivity index (χ3v) is 6.10. The van der Waals surface area contributed by atoms with E-state index in [0.29, 0.717) is 11.3 Å². The van der Waals surface area contributed by atoms with E-state index in [0.717, 1.165) is 22.8 Å². The first-order chi connectivity index (χ1) is 16.1. The number of imidazole rings is 1. The molecule has 0 bridgehead atoms. The molecule has 4 aromatic rings. The molecule has 0 fully saturated rings. The van der Waals surface area contributed by atoms with Gasteiger partial charge in [-0.1, -0.05) is 60.3 Å². The van der Waals surface area contributed by atoms with Crippen molar-refractivity contribution in [3.05, 3.63) is 108 Å². The summed E-state index contributed by atoms with van der Waals surface area (Å²) in [4.78, 5) is 29.2. The van der Waals surface area contributed by atoms with E-state index in [1.807, 2.05) is 60.3 Å². The number of nitrogens with one attached hydrogen (secondary N) is 2. The fraction of sp³-hybridized carbons (Fsp3) is 0.115. The Morgan fingerprint density at radius 2 is 1.64 bits per heavy atom. The molecule has 7 heteroatoms. The maximum atomic E-state index is 12.8. The van der Waals surface area contributed by atoms with Crippen LogP contribution in [-0.2, 0) is 18.3 Å². The molecule has 0 aliphatic carbocycles. The Hall–Kier alpha value is -3.84. The van der Waals surface area contributed by atoms with Gasteiger partial charge in [-0.15, -0.1) is 0 Å². The molecule has 0 unspecified atom stereocenters. The summed E-state index contributed by atoms with van der Waals surface area (Å²) in [5.74, 6) is -0.0700. The molecule has 2 amide bonds. The van der Waals surface area contributed by atoms with Crippen LogP contribution in [0.5, 0.6) is 0 Å². The van der Waals surface area contributed by atoms with Crippen LogP contribution in [0.25, 0.3) is 0 Å². The second kappa shape index (κ2) is 10.7. The molecule has 6 nitrogen and oxygen atoms in total. The van der Waals surface area contributed by atoms with Gasteiger partial charge in [-0.2, -0.15) is 0 Å². The minimum Gasteiger partial charge on any atom is -0.329 e. The van der Waals surface area contributed by atoms with Gasteiger partial charge in [0.2, 0.25) is 5.91 Å². The lowest BCUT2D eigenvalue weighted by atomic mass is 10.0. The second-order valence-corrected chi connectivity index (χ2v) is 8.45. The van der Waals surface area contributed by atoms with E-state index < -0.39 is 0 Å². The van der Waals surface area contributed by atoms with E-state index in [4.69, 9.17) is 0 Å². The normalized spacial score (nSPS) is 10.6. The molecule has 0 aliphatic heterocycles. The van der Waals surface area contributed by atoms with Gasteiger partial charge in [-0.3, -0.25) is 9.59 Å². The number of rotatable bonds is 8. The second-order valence-electron chi connectivity index (χ2n) is 7.51. The Morgan fingerprint density at radius 1 is 0.909 bits per heavy atom. The number of para-hydroxylation sites is 1. The van der Waals surface area contributed by atoms with Gasteiger partial charge in [-0.05, 0) is 47.9 Å². The standard InChI is InChI=1S/C26H24N4O2S/c1-30-16-15-27-26(30)33-18-24(31)28-22-13-11-20(12-14-22)25(32)29-23-10-6-5-9-21(23)17-19-7-3-2-4-8-19/h2-16H,17-18H2,1H3,(H,28,31)(H,29,32). The maximum absolute atomic E-state index is 12.8. The molecule has 0 atom stereocenters. The topological polar surface area (TPSA) is 76.0 Å². The molecule has 3 aromatic carbocycles. The van der Waals surface area contributed by atoms with Crippen molar-refractivity contribution in [1.82, 2.24) is 9.55 Å². The lowest BCUT2D eigenvalue weighted by molar-refractivity contribution is -0.113. The van der Waals surface area contributed by atoms with Gasteiger partial charge < -0.3 is 15.2 Å². The fourth-order valence-electron chi connectivity index (χ4n) is 3.33. The van der Waals surface area contributed by atoms with Crippen LogP contribution >= 0.6 is 11.8 Å². The van der Waals surface area contributed by atoms with Gasteiger partial charge >= 0.3 is 0 Å². The van der Waals surface area contributed by atoms with E-state index in [-0.39, 0.29) is 17.6 Å². The monoisotopic (exact) mass is 456 g/mol. The van der Waals surface area contributed by atoms with Crippen LogP contribution in [0.15, 0.2) is 96.4 Å². The molecule has 0 radical (unpaired) electrons. The number of hydrogen-bond donors (Lipinski definition) is 2. The van der Waals surface area contributed by atoms with Gasteiger partial charge in [0.05, 0.1) is 5.75 Å². The van der Waals surface area contributed by atoms with Crippen LogP contribution < -0.4 is 10.6 Å². The molecule has 0 saturated heterocycles. The minimum atomic E-state index is -0.196. The summed E-state index contributed by atoms with van der Waals surface area (Å²) in [6, 6.07) is 24.8. The van der Waals surface area contributed by atoms with Gasteiger partial charge in [0, 0.05) is 36.4 Å². The SMILES string of the molecule is Cn1ccnc1SCC(=O)Nc1ccc(C(=O)Nc2ccccc2Cc2ccccc2)cc1. The zero-order chi connectivity index (χ0) is 23.0. The number of carbonyl (C=O) groups excluding carboxylic acids is 2. The van der Waals surface area contributed by atoms with E-state index in [1.165, 1.54) is 17.3 Å². The summed E-state index contributed by atoms with van der Waals surface area (Å²) < 4.78 is 1.86. The number of nitrogens with zero attached hydrogens (tertiary/aromatic N) is 2. The summed E-state index contributed by atoms with van der Waals surface area (Å²) in [5.41, 5.74) is 4.17. The first-order valence-corrected chi connectivity index (χ1v) is 11.5. The molecule has 33 heavy (non-hydrogen) atoms. The van der Waals surface area contributed by atoms with E-state index in [2.05, 4.69) is 27.8 Å². The van der Waals surface area contributed by atoms with Crippen LogP contribution in [0.3, 0.4) is 0 Å². The van der Waals surface area contributed by atoms with Crippen molar-refractivity contribution in [3.8, 4) is 0 Å². The Labute approximate surface area is 197 Å². The molecule has 166 valence electrons.